The minimum absolute atomic E-state index is 0.00238. The molecule has 210 valence electrons. The summed E-state index contributed by atoms with van der Waals surface area (Å²) in [4.78, 5) is 59.4. The number of benzene rings is 2. The van der Waals surface area contributed by atoms with E-state index in [1.54, 1.807) is 36.4 Å². The van der Waals surface area contributed by atoms with Crippen molar-refractivity contribution in [3.05, 3.63) is 90.0 Å². The van der Waals surface area contributed by atoms with Gasteiger partial charge in [-0.2, -0.15) is 0 Å². The Balaban J connectivity index is 1.86. The molecular weight excluding hydrogens is 514 g/mol. The average Bonchev–Trinajstić information content (AvgIpc) is 2.93. The van der Waals surface area contributed by atoms with Gasteiger partial charge in [0.1, 0.15) is 29.6 Å². The van der Waals surface area contributed by atoms with Gasteiger partial charge in [0.25, 0.3) is 5.91 Å². The van der Waals surface area contributed by atoms with Crippen molar-refractivity contribution in [2.24, 2.45) is 5.92 Å². The summed E-state index contributed by atoms with van der Waals surface area (Å²) in [5, 5.41) is 27.2. The van der Waals surface area contributed by atoms with Gasteiger partial charge in [-0.05, 0) is 35.6 Å². The Labute approximate surface area is 232 Å². The van der Waals surface area contributed by atoms with E-state index in [1.165, 1.54) is 30.7 Å². The van der Waals surface area contributed by atoms with Gasteiger partial charge >= 0.3 is 5.97 Å². The molecule has 40 heavy (non-hydrogen) atoms. The zero-order valence-electron chi connectivity index (χ0n) is 22.3. The van der Waals surface area contributed by atoms with Gasteiger partial charge in [0.15, 0.2) is 0 Å². The topological polar surface area (TPSA) is 171 Å². The predicted octanol–water partition coefficient (Wildman–Crippen LogP) is 1.87. The summed E-state index contributed by atoms with van der Waals surface area (Å²) in [5.74, 6) is -3.07. The number of carboxylic acids is 1. The van der Waals surface area contributed by atoms with Crippen molar-refractivity contribution in [2.75, 3.05) is 0 Å². The van der Waals surface area contributed by atoms with Crippen molar-refractivity contribution in [2.45, 2.75) is 51.2 Å². The van der Waals surface area contributed by atoms with Crippen LogP contribution in [-0.2, 0) is 27.2 Å². The third-order valence-corrected chi connectivity index (χ3v) is 6.03. The largest absolute Gasteiger partial charge is 0.508 e. The van der Waals surface area contributed by atoms with E-state index < -0.39 is 41.8 Å². The Hall–Kier alpha value is -4.80. The maximum atomic E-state index is 13.6. The summed E-state index contributed by atoms with van der Waals surface area (Å²) in [5.41, 5.74) is 1.39. The minimum Gasteiger partial charge on any atom is -0.508 e. The molecule has 3 atom stereocenters. The summed E-state index contributed by atoms with van der Waals surface area (Å²) < 4.78 is 0. The Morgan fingerprint density at radius 1 is 0.775 bits per heavy atom. The van der Waals surface area contributed by atoms with E-state index in [-0.39, 0.29) is 36.6 Å². The molecule has 1 aromatic heterocycles. The molecule has 0 radical (unpaired) electrons. The van der Waals surface area contributed by atoms with Gasteiger partial charge in [-0.3, -0.25) is 19.4 Å². The number of carbonyl (C=O) groups excluding carboxylic acids is 3. The number of aliphatic carboxylic acids is 1. The van der Waals surface area contributed by atoms with Crippen LogP contribution in [0.1, 0.15) is 41.9 Å². The number of aromatic hydroxyl groups is 1. The minimum atomic E-state index is -1.17. The summed E-state index contributed by atoms with van der Waals surface area (Å²) in [6, 6.07) is 11.7. The molecule has 2 aromatic carbocycles. The highest BCUT2D eigenvalue weighted by atomic mass is 16.4. The van der Waals surface area contributed by atoms with Gasteiger partial charge in [-0.1, -0.05) is 56.3 Å². The van der Waals surface area contributed by atoms with Crippen LogP contribution in [0.2, 0.25) is 0 Å². The van der Waals surface area contributed by atoms with Crippen molar-refractivity contribution in [3.8, 4) is 5.75 Å². The van der Waals surface area contributed by atoms with Gasteiger partial charge in [0.05, 0.1) is 6.20 Å². The number of aromatic nitrogens is 2. The van der Waals surface area contributed by atoms with E-state index in [9.17, 15) is 29.4 Å². The van der Waals surface area contributed by atoms with Crippen LogP contribution in [0.5, 0.6) is 5.75 Å². The molecule has 1 heterocycles. The highest BCUT2D eigenvalue weighted by molar-refractivity contribution is 5.97. The molecule has 5 N–H and O–H groups in total. The fourth-order valence-electron chi connectivity index (χ4n) is 4.02. The van der Waals surface area contributed by atoms with Crippen LogP contribution in [0, 0.1) is 5.92 Å². The van der Waals surface area contributed by atoms with Gasteiger partial charge < -0.3 is 26.2 Å². The van der Waals surface area contributed by atoms with Gasteiger partial charge in [-0.25, -0.2) is 9.78 Å². The standard InChI is InChI=1S/C29H33N5O6/c1-18(2)14-24(29(39)40)34-27(37)22(15-19-6-4-3-5-7-19)32-26(36)23(16-20-8-10-21(35)11-9-20)33-28(38)25-17-30-12-13-31-25/h3-13,17-18,22-24,35H,14-16H2,1-2H3,(H,32,36)(H,33,38)(H,34,37)(H,39,40)/t22-,23-,24-/m0/s1. The van der Waals surface area contributed by atoms with Crippen molar-refractivity contribution >= 4 is 23.7 Å². The highest BCUT2D eigenvalue weighted by Gasteiger charge is 2.30. The van der Waals surface area contributed by atoms with Crippen molar-refractivity contribution < 1.29 is 29.4 Å². The fraction of sp³-hybridized carbons (Fsp3) is 0.310. The molecule has 11 heteroatoms. The molecule has 0 bridgehead atoms. The monoisotopic (exact) mass is 547 g/mol. The number of carboxylic acid groups (broad SMARTS) is 1. The molecule has 0 fully saturated rings. The van der Waals surface area contributed by atoms with Crippen molar-refractivity contribution in [1.29, 1.82) is 0 Å². The average molecular weight is 548 g/mol. The number of rotatable bonds is 13. The van der Waals surface area contributed by atoms with Crippen LogP contribution in [0.25, 0.3) is 0 Å². The smallest absolute Gasteiger partial charge is 0.326 e. The lowest BCUT2D eigenvalue weighted by molar-refractivity contribution is -0.142. The second kappa shape index (κ2) is 14.4. The number of phenolic OH excluding ortho intramolecular Hbond substituents is 1. The van der Waals surface area contributed by atoms with Crippen LogP contribution in [0.4, 0.5) is 0 Å². The first-order valence-corrected chi connectivity index (χ1v) is 12.8. The zero-order chi connectivity index (χ0) is 29.1. The quantitative estimate of drug-likeness (QED) is 0.216. The lowest BCUT2D eigenvalue weighted by atomic mass is 10.0. The van der Waals surface area contributed by atoms with Crippen LogP contribution < -0.4 is 16.0 Å². The molecule has 0 aliphatic carbocycles. The van der Waals surface area contributed by atoms with Crippen LogP contribution in [0.15, 0.2) is 73.2 Å². The number of amides is 3. The second-order valence-corrected chi connectivity index (χ2v) is 9.77. The summed E-state index contributed by atoms with van der Waals surface area (Å²) >= 11 is 0. The first-order chi connectivity index (χ1) is 19.1. The Bertz CT molecular complexity index is 1290. The molecule has 3 amide bonds. The van der Waals surface area contributed by atoms with Crippen LogP contribution in [-0.4, -0.2) is 62.0 Å². The number of nitrogens with one attached hydrogen (secondary N) is 3. The predicted molar refractivity (Wildman–Crippen MR) is 146 cm³/mol. The summed E-state index contributed by atoms with van der Waals surface area (Å²) in [6.45, 7) is 3.69. The molecule has 0 aliphatic heterocycles. The van der Waals surface area contributed by atoms with E-state index in [0.29, 0.717) is 5.56 Å². The third-order valence-electron chi connectivity index (χ3n) is 6.03. The molecular formula is C29H33N5O6. The van der Waals surface area contributed by atoms with Gasteiger partial charge in [0, 0.05) is 25.2 Å². The van der Waals surface area contributed by atoms with E-state index >= 15 is 0 Å². The lowest BCUT2D eigenvalue weighted by Crippen LogP contribution is -2.57. The molecule has 11 nitrogen and oxygen atoms in total. The lowest BCUT2D eigenvalue weighted by Gasteiger charge is -2.25. The molecule has 0 saturated carbocycles. The van der Waals surface area contributed by atoms with Gasteiger partial charge in [-0.15, -0.1) is 0 Å². The van der Waals surface area contributed by atoms with E-state index in [1.807, 2.05) is 19.9 Å². The second-order valence-electron chi connectivity index (χ2n) is 9.77. The Morgan fingerprint density at radius 2 is 1.35 bits per heavy atom. The number of hydrogen-bond donors (Lipinski definition) is 5. The van der Waals surface area contributed by atoms with E-state index in [0.717, 1.165) is 5.56 Å². The molecule has 0 saturated heterocycles. The molecule has 0 unspecified atom stereocenters. The molecule has 3 aromatic rings. The summed E-state index contributed by atoms with van der Waals surface area (Å²) in [6.07, 6.45) is 4.37. The van der Waals surface area contributed by atoms with Crippen molar-refractivity contribution in [1.82, 2.24) is 25.9 Å². The van der Waals surface area contributed by atoms with Crippen LogP contribution >= 0.6 is 0 Å². The maximum absolute atomic E-state index is 13.6. The summed E-state index contributed by atoms with van der Waals surface area (Å²) in [7, 11) is 0. The van der Waals surface area contributed by atoms with Gasteiger partial charge in [0.2, 0.25) is 11.8 Å². The zero-order valence-corrected chi connectivity index (χ0v) is 22.3. The fourth-order valence-corrected chi connectivity index (χ4v) is 4.02. The number of nitrogens with zero attached hydrogens (tertiary/aromatic N) is 2. The first kappa shape index (κ1) is 29.8. The highest BCUT2D eigenvalue weighted by Crippen LogP contribution is 2.13. The first-order valence-electron chi connectivity index (χ1n) is 12.8. The Morgan fingerprint density at radius 3 is 1.90 bits per heavy atom. The van der Waals surface area contributed by atoms with E-state index in [2.05, 4.69) is 25.9 Å². The number of carbonyl (C=O) groups is 4. The van der Waals surface area contributed by atoms with E-state index in [4.69, 9.17) is 0 Å². The molecule has 3 rings (SSSR count). The Kier molecular flexibility index (Phi) is 10.7. The van der Waals surface area contributed by atoms with Crippen LogP contribution in [0.3, 0.4) is 0 Å². The third kappa shape index (κ3) is 9.19. The van der Waals surface area contributed by atoms with Crippen molar-refractivity contribution in [3.63, 3.8) is 0 Å². The molecule has 0 spiro atoms. The maximum Gasteiger partial charge on any atom is 0.326 e. The number of hydrogen-bond acceptors (Lipinski definition) is 7. The normalized spacial score (nSPS) is 13.1. The number of phenols is 1. The SMILES string of the molecule is CC(C)C[C@H](NC(=O)[C@H](Cc1ccccc1)NC(=O)[C@H](Cc1ccc(O)cc1)NC(=O)c1cnccn1)C(=O)O. The molecule has 0 aliphatic rings.